The molecule has 0 aromatic heterocycles. The van der Waals surface area contributed by atoms with Gasteiger partial charge < -0.3 is 9.47 Å². The maximum absolute atomic E-state index is 12.1. The van der Waals surface area contributed by atoms with Gasteiger partial charge in [0.25, 0.3) is 0 Å². The Morgan fingerprint density at radius 2 is 1.94 bits per heavy atom. The van der Waals surface area contributed by atoms with E-state index in [1.54, 1.807) is 7.11 Å². The van der Waals surface area contributed by atoms with Gasteiger partial charge in [-0.2, -0.15) is 0 Å². The van der Waals surface area contributed by atoms with Crippen molar-refractivity contribution in [3.63, 3.8) is 0 Å². The summed E-state index contributed by atoms with van der Waals surface area (Å²) in [6, 6.07) is 7.99. The molecule has 1 aromatic rings. The molecule has 0 bridgehead atoms. The van der Waals surface area contributed by atoms with E-state index in [0.29, 0.717) is 5.25 Å². The molecule has 18 heavy (non-hydrogen) atoms. The van der Waals surface area contributed by atoms with Crippen molar-refractivity contribution in [3.8, 4) is 5.75 Å². The predicted molar refractivity (Wildman–Crippen MR) is 73.5 cm³/mol. The summed E-state index contributed by atoms with van der Waals surface area (Å²) >= 11 is 0. The minimum Gasteiger partial charge on any atom is -0.497 e. The molecule has 2 rings (SSSR count). The fourth-order valence-electron chi connectivity index (χ4n) is 2.12. The van der Waals surface area contributed by atoms with E-state index in [1.165, 1.54) is 5.56 Å². The monoisotopic (exact) mass is 268 g/mol. The largest absolute Gasteiger partial charge is 0.497 e. The highest BCUT2D eigenvalue weighted by Gasteiger charge is 2.19. The normalized spacial score (nSPS) is 18.5. The van der Waals surface area contributed by atoms with E-state index in [4.69, 9.17) is 9.47 Å². The van der Waals surface area contributed by atoms with Gasteiger partial charge in [-0.15, -0.1) is 0 Å². The number of aryl methyl sites for hydroxylation is 1. The van der Waals surface area contributed by atoms with Crippen LogP contribution in [0.4, 0.5) is 0 Å². The lowest BCUT2D eigenvalue weighted by atomic mass is 10.2. The predicted octanol–water partition coefficient (Wildman–Crippen LogP) is 2.17. The average molecular weight is 268 g/mol. The average Bonchev–Trinajstić information content (AvgIpc) is 2.46. The smallest absolute Gasteiger partial charge is 0.118 e. The highest BCUT2D eigenvalue weighted by atomic mass is 32.2. The van der Waals surface area contributed by atoms with Gasteiger partial charge in [0.2, 0.25) is 0 Å². The number of benzene rings is 1. The van der Waals surface area contributed by atoms with E-state index in [9.17, 15) is 4.21 Å². The lowest BCUT2D eigenvalue weighted by Crippen LogP contribution is -2.26. The third-order valence-electron chi connectivity index (χ3n) is 3.29. The fraction of sp³-hybridized carbons (Fsp3) is 0.571. The van der Waals surface area contributed by atoms with Crippen molar-refractivity contribution in [2.24, 2.45) is 0 Å². The summed E-state index contributed by atoms with van der Waals surface area (Å²) in [5, 5.41) is 0.331. The van der Waals surface area contributed by atoms with E-state index in [1.807, 2.05) is 24.3 Å². The summed E-state index contributed by atoms with van der Waals surface area (Å²) in [4.78, 5) is 0. The molecule has 1 atom stereocenters. The van der Waals surface area contributed by atoms with Crippen molar-refractivity contribution in [2.75, 3.05) is 26.1 Å². The molecule has 0 radical (unpaired) electrons. The van der Waals surface area contributed by atoms with Crippen molar-refractivity contribution in [3.05, 3.63) is 29.8 Å². The van der Waals surface area contributed by atoms with Gasteiger partial charge in [-0.1, -0.05) is 12.1 Å². The van der Waals surface area contributed by atoms with Gasteiger partial charge in [-0.05, 0) is 37.0 Å². The molecule has 100 valence electrons. The summed E-state index contributed by atoms with van der Waals surface area (Å²) in [5.74, 6) is 1.61. The van der Waals surface area contributed by atoms with Crippen molar-refractivity contribution in [1.82, 2.24) is 0 Å². The number of hydrogen-bond donors (Lipinski definition) is 0. The minimum absolute atomic E-state index is 0.331. The van der Waals surface area contributed by atoms with Crippen LogP contribution in [0.15, 0.2) is 24.3 Å². The van der Waals surface area contributed by atoms with Gasteiger partial charge in [0.15, 0.2) is 0 Å². The zero-order valence-electron chi connectivity index (χ0n) is 10.8. The lowest BCUT2D eigenvalue weighted by molar-refractivity contribution is 0.0992. The molecule has 0 aliphatic carbocycles. The third kappa shape index (κ3) is 3.82. The van der Waals surface area contributed by atoms with Crippen molar-refractivity contribution in [1.29, 1.82) is 0 Å². The molecular formula is C14H20O3S. The Morgan fingerprint density at radius 3 is 2.56 bits per heavy atom. The standard InChI is InChI=1S/C14H20O3S/c1-16-13-4-2-12(3-5-13)8-11-18(15)14-6-9-17-10-7-14/h2-5,14H,6-11H2,1H3/t18-/m1/s1. The summed E-state index contributed by atoms with van der Waals surface area (Å²) < 4.78 is 22.5. The molecule has 0 saturated carbocycles. The fourth-order valence-corrected chi connectivity index (χ4v) is 3.60. The molecule has 0 unspecified atom stereocenters. The van der Waals surface area contributed by atoms with Crippen LogP contribution < -0.4 is 4.74 Å². The van der Waals surface area contributed by atoms with Crippen LogP contribution in [-0.4, -0.2) is 35.5 Å². The Kier molecular flexibility index (Phi) is 5.20. The highest BCUT2D eigenvalue weighted by molar-refractivity contribution is 7.85. The van der Waals surface area contributed by atoms with E-state index in [2.05, 4.69) is 0 Å². The Morgan fingerprint density at radius 1 is 1.28 bits per heavy atom. The molecule has 1 aromatic carbocycles. The van der Waals surface area contributed by atoms with Crippen molar-refractivity contribution < 1.29 is 13.7 Å². The molecular weight excluding hydrogens is 248 g/mol. The Hall–Kier alpha value is -0.870. The van der Waals surface area contributed by atoms with Crippen LogP contribution in [0.5, 0.6) is 5.75 Å². The van der Waals surface area contributed by atoms with Crippen LogP contribution in [0.3, 0.4) is 0 Å². The second kappa shape index (κ2) is 6.90. The quantitative estimate of drug-likeness (QED) is 0.821. The van der Waals surface area contributed by atoms with Gasteiger partial charge in [0, 0.05) is 35.0 Å². The first kappa shape index (κ1) is 13.6. The minimum atomic E-state index is -0.725. The molecule has 3 nitrogen and oxygen atoms in total. The van der Waals surface area contributed by atoms with Gasteiger partial charge in [-0.25, -0.2) is 0 Å². The molecule has 1 heterocycles. The first-order valence-electron chi connectivity index (χ1n) is 6.37. The lowest BCUT2D eigenvalue weighted by Gasteiger charge is -2.21. The van der Waals surface area contributed by atoms with Crippen LogP contribution in [0.1, 0.15) is 18.4 Å². The first-order chi connectivity index (χ1) is 8.79. The highest BCUT2D eigenvalue weighted by Crippen LogP contribution is 2.16. The van der Waals surface area contributed by atoms with Crippen LogP contribution >= 0.6 is 0 Å². The molecule has 1 saturated heterocycles. The first-order valence-corrected chi connectivity index (χ1v) is 7.75. The number of methoxy groups -OCH3 is 1. The zero-order valence-corrected chi connectivity index (χ0v) is 11.6. The Bertz CT molecular complexity index is 383. The molecule has 1 aliphatic heterocycles. The van der Waals surface area contributed by atoms with Crippen LogP contribution in [0.2, 0.25) is 0 Å². The summed E-state index contributed by atoms with van der Waals surface area (Å²) in [6.45, 7) is 1.53. The second-order valence-corrected chi connectivity index (χ2v) is 6.33. The van der Waals surface area contributed by atoms with Gasteiger partial charge in [0.1, 0.15) is 5.75 Å². The van der Waals surface area contributed by atoms with Crippen molar-refractivity contribution >= 4 is 10.8 Å². The van der Waals surface area contributed by atoms with Gasteiger partial charge in [-0.3, -0.25) is 4.21 Å². The van der Waals surface area contributed by atoms with Crippen molar-refractivity contribution in [2.45, 2.75) is 24.5 Å². The number of hydrogen-bond acceptors (Lipinski definition) is 3. The molecule has 0 N–H and O–H groups in total. The third-order valence-corrected chi connectivity index (χ3v) is 5.11. The summed E-state index contributed by atoms with van der Waals surface area (Å²) in [6.07, 6.45) is 2.75. The maximum atomic E-state index is 12.1. The molecule has 1 aliphatic rings. The molecule has 0 amide bonds. The number of ether oxygens (including phenoxy) is 2. The van der Waals surface area contributed by atoms with E-state index in [0.717, 1.165) is 44.0 Å². The zero-order chi connectivity index (χ0) is 12.8. The topological polar surface area (TPSA) is 35.5 Å². The van der Waals surface area contributed by atoms with Gasteiger partial charge in [0.05, 0.1) is 7.11 Å². The van der Waals surface area contributed by atoms with E-state index in [-0.39, 0.29) is 0 Å². The van der Waals surface area contributed by atoms with E-state index >= 15 is 0 Å². The molecule has 4 heteroatoms. The molecule has 0 spiro atoms. The SMILES string of the molecule is COc1ccc(CC[S@@](=O)C2CCOCC2)cc1. The van der Waals surface area contributed by atoms with Crippen LogP contribution in [0.25, 0.3) is 0 Å². The second-order valence-electron chi connectivity index (χ2n) is 4.49. The Labute approximate surface area is 111 Å². The Balaban J connectivity index is 1.80. The maximum Gasteiger partial charge on any atom is 0.118 e. The van der Waals surface area contributed by atoms with Crippen LogP contribution in [-0.2, 0) is 22.0 Å². The molecule has 1 fully saturated rings. The van der Waals surface area contributed by atoms with E-state index < -0.39 is 10.8 Å². The number of rotatable bonds is 5. The van der Waals surface area contributed by atoms with Gasteiger partial charge >= 0.3 is 0 Å². The summed E-state index contributed by atoms with van der Waals surface area (Å²) in [7, 11) is 0.937. The van der Waals surface area contributed by atoms with Crippen LogP contribution in [0, 0.1) is 0 Å². The summed E-state index contributed by atoms with van der Waals surface area (Å²) in [5.41, 5.74) is 1.22.